The van der Waals surface area contributed by atoms with E-state index in [1.165, 1.54) is 18.2 Å². The summed E-state index contributed by atoms with van der Waals surface area (Å²) in [4.78, 5) is 22.0. The maximum absolute atomic E-state index is 10.5. The fraction of sp³-hybridized carbons (Fsp3) is 0.188. The number of aliphatic carboxylic acids is 1. The Morgan fingerprint density at radius 1 is 1.24 bits per heavy atom. The molecule has 0 aliphatic rings. The van der Waals surface area contributed by atoms with E-state index in [2.05, 4.69) is 0 Å². The molecule has 0 aliphatic carbocycles. The Hall–Kier alpha value is -3.00. The first-order valence-corrected chi connectivity index (χ1v) is 7.64. The number of halogens is 1. The Morgan fingerprint density at radius 3 is 2.28 bits per heavy atom. The Morgan fingerprint density at radius 2 is 1.84 bits per heavy atom. The zero-order valence-electron chi connectivity index (χ0n) is 13.6. The molecule has 9 heteroatoms. The monoisotopic (exact) mass is 366 g/mol. The molecule has 2 aromatic rings. The first-order chi connectivity index (χ1) is 11.7. The molecule has 5 N–H and O–H groups in total. The lowest BCUT2D eigenvalue weighted by molar-refractivity contribution is -0.384. The van der Waals surface area contributed by atoms with Crippen molar-refractivity contribution in [3.63, 3.8) is 0 Å². The van der Waals surface area contributed by atoms with Crippen molar-refractivity contribution in [3.05, 3.63) is 57.6 Å². The quantitative estimate of drug-likeness (QED) is 0.420. The highest BCUT2D eigenvalue weighted by molar-refractivity contribution is 6.33. The lowest BCUT2D eigenvalue weighted by Gasteiger charge is -2.20. The van der Waals surface area contributed by atoms with Crippen molar-refractivity contribution in [1.82, 2.24) is 0 Å². The molecule has 0 saturated carbocycles. The van der Waals surface area contributed by atoms with Crippen molar-refractivity contribution < 1.29 is 14.8 Å². The molecule has 2 aromatic carbocycles. The minimum absolute atomic E-state index is 0.0143. The highest BCUT2D eigenvalue weighted by Gasteiger charge is 2.08. The van der Waals surface area contributed by atoms with E-state index in [1.807, 2.05) is 19.1 Å². The third-order valence-corrected chi connectivity index (χ3v) is 3.49. The molecular weight excluding hydrogens is 348 g/mol. The number of nitro groups is 1. The number of rotatable bonds is 5. The lowest BCUT2D eigenvalue weighted by atomic mass is 10.2. The molecule has 8 nitrogen and oxygen atoms in total. The maximum Gasteiger partial charge on any atom is 0.323 e. The first-order valence-electron chi connectivity index (χ1n) is 7.26. The standard InChI is InChI=1S/C10H14N2O2.C6H5ClN2O2/c1-2-12(7-10(13)14)9-5-3-8(11)4-6-9;7-5-3-4(9(10)11)1-2-6(5)8/h3-6H,2,7,11H2,1H3,(H,13,14);1-3H,8H2. The van der Waals surface area contributed by atoms with Crippen LogP contribution < -0.4 is 16.4 Å². The highest BCUT2D eigenvalue weighted by Crippen LogP contribution is 2.23. The van der Waals surface area contributed by atoms with Gasteiger partial charge in [0.1, 0.15) is 6.54 Å². The largest absolute Gasteiger partial charge is 0.480 e. The number of nitrogen functional groups attached to an aromatic ring is 2. The number of nitrogens with two attached hydrogens (primary N) is 2. The molecular formula is C16H19ClN4O4. The van der Waals surface area contributed by atoms with Gasteiger partial charge in [0, 0.05) is 30.1 Å². The van der Waals surface area contributed by atoms with Crippen molar-refractivity contribution in [3.8, 4) is 0 Å². The predicted octanol–water partition coefficient (Wildman–Crippen LogP) is 3.01. The summed E-state index contributed by atoms with van der Waals surface area (Å²) in [6.07, 6.45) is 0. The van der Waals surface area contributed by atoms with Gasteiger partial charge in [-0.2, -0.15) is 0 Å². The van der Waals surface area contributed by atoms with Gasteiger partial charge in [-0.05, 0) is 37.3 Å². The molecule has 0 amide bonds. The second-order valence-corrected chi connectivity index (χ2v) is 5.37. The zero-order valence-corrected chi connectivity index (χ0v) is 14.3. The zero-order chi connectivity index (χ0) is 19.0. The fourth-order valence-corrected chi connectivity index (χ4v) is 2.04. The number of carbonyl (C=O) groups is 1. The van der Waals surface area contributed by atoms with Gasteiger partial charge in [0.25, 0.3) is 5.69 Å². The SMILES string of the molecule is CCN(CC(=O)O)c1ccc(N)cc1.Nc1ccc([N+](=O)[O-])cc1Cl. The van der Waals surface area contributed by atoms with E-state index < -0.39 is 10.9 Å². The predicted molar refractivity (Wildman–Crippen MR) is 98.9 cm³/mol. The van der Waals surface area contributed by atoms with E-state index >= 15 is 0 Å². The average Bonchev–Trinajstić information content (AvgIpc) is 2.56. The smallest absolute Gasteiger partial charge is 0.323 e. The van der Waals surface area contributed by atoms with Crippen molar-refractivity contribution in [2.75, 3.05) is 29.5 Å². The van der Waals surface area contributed by atoms with Gasteiger partial charge in [-0.1, -0.05) is 11.6 Å². The molecule has 134 valence electrons. The number of carboxylic acids is 1. The van der Waals surface area contributed by atoms with Crippen LogP contribution in [0.4, 0.5) is 22.7 Å². The van der Waals surface area contributed by atoms with E-state index in [4.69, 9.17) is 28.2 Å². The van der Waals surface area contributed by atoms with E-state index in [-0.39, 0.29) is 17.3 Å². The molecule has 0 saturated heterocycles. The summed E-state index contributed by atoms with van der Waals surface area (Å²) in [5.74, 6) is -0.830. The van der Waals surface area contributed by atoms with Gasteiger partial charge in [0.15, 0.2) is 0 Å². The normalized spacial score (nSPS) is 9.68. The van der Waals surface area contributed by atoms with Crippen LogP contribution in [-0.4, -0.2) is 29.1 Å². The van der Waals surface area contributed by atoms with Crippen LogP contribution in [0.25, 0.3) is 0 Å². The maximum atomic E-state index is 10.5. The van der Waals surface area contributed by atoms with Gasteiger partial charge in [0.05, 0.1) is 15.6 Å². The van der Waals surface area contributed by atoms with E-state index in [0.717, 1.165) is 5.69 Å². The van der Waals surface area contributed by atoms with Crippen LogP contribution in [0, 0.1) is 10.1 Å². The van der Waals surface area contributed by atoms with Crippen LogP contribution in [0.2, 0.25) is 5.02 Å². The molecule has 0 fully saturated rings. The summed E-state index contributed by atoms with van der Waals surface area (Å²) < 4.78 is 0. The number of anilines is 3. The Balaban J connectivity index is 0.000000257. The first kappa shape index (κ1) is 20.0. The van der Waals surface area contributed by atoms with Gasteiger partial charge in [-0.15, -0.1) is 0 Å². The van der Waals surface area contributed by atoms with Crippen molar-refractivity contribution in [2.24, 2.45) is 0 Å². The number of likely N-dealkylation sites (N-methyl/N-ethyl adjacent to an activating group) is 1. The van der Waals surface area contributed by atoms with Crippen molar-refractivity contribution in [2.45, 2.75) is 6.92 Å². The molecule has 0 unspecified atom stereocenters. The second-order valence-electron chi connectivity index (χ2n) is 4.96. The minimum atomic E-state index is -0.830. The third kappa shape index (κ3) is 6.56. The summed E-state index contributed by atoms with van der Waals surface area (Å²) in [7, 11) is 0. The number of hydrogen-bond donors (Lipinski definition) is 3. The van der Waals surface area contributed by atoms with Crippen LogP contribution in [0.5, 0.6) is 0 Å². The number of carboxylic acid groups (broad SMARTS) is 1. The van der Waals surface area contributed by atoms with Crippen LogP contribution >= 0.6 is 11.6 Å². The second kappa shape index (κ2) is 9.33. The Bertz CT molecular complexity index is 737. The third-order valence-electron chi connectivity index (χ3n) is 3.16. The Labute approximate surface area is 149 Å². The molecule has 0 aliphatic heterocycles. The summed E-state index contributed by atoms with van der Waals surface area (Å²) in [6, 6.07) is 11.1. The lowest BCUT2D eigenvalue weighted by Crippen LogP contribution is -2.29. The van der Waals surface area contributed by atoms with Crippen LogP contribution in [-0.2, 0) is 4.79 Å². The number of nitrogens with zero attached hydrogens (tertiary/aromatic N) is 2. The van der Waals surface area contributed by atoms with Crippen molar-refractivity contribution >= 4 is 40.3 Å². The molecule has 0 bridgehead atoms. The summed E-state index contributed by atoms with van der Waals surface area (Å²) in [5.41, 5.74) is 12.7. The topological polar surface area (TPSA) is 136 Å². The van der Waals surface area contributed by atoms with E-state index in [1.54, 1.807) is 17.0 Å². The molecule has 2 rings (SSSR count). The highest BCUT2D eigenvalue weighted by atomic mass is 35.5. The number of benzene rings is 2. The van der Waals surface area contributed by atoms with Crippen LogP contribution in [0.1, 0.15) is 6.92 Å². The summed E-state index contributed by atoms with van der Waals surface area (Å²) in [6.45, 7) is 2.59. The number of nitro benzene ring substituents is 1. The minimum Gasteiger partial charge on any atom is -0.480 e. The van der Waals surface area contributed by atoms with E-state index in [9.17, 15) is 14.9 Å². The van der Waals surface area contributed by atoms with Crippen LogP contribution in [0.15, 0.2) is 42.5 Å². The van der Waals surface area contributed by atoms with Crippen molar-refractivity contribution in [1.29, 1.82) is 0 Å². The average molecular weight is 367 g/mol. The van der Waals surface area contributed by atoms with Crippen LogP contribution in [0.3, 0.4) is 0 Å². The summed E-state index contributed by atoms with van der Waals surface area (Å²) >= 11 is 5.53. The van der Waals surface area contributed by atoms with E-state index in [0.29, 0.717) is 17.9 Å². The number of hydrogen-bond acceptors (Lipinski definition) is 6. The molecule has 0 heterocycles. The summed E-state index contributed by atoms with van der Waals surface area (Å²) in [5, 5.41) is 19.0. The van der Waals surface area contributed by atoms with Gasteiger partial charge in [0.2, 0.25) is 0 Å². The van der Waals surface area contributed by atoms with Gasteiger partial charge < -0.3 is 21.5 Å². The molecule has 25 heavy (non-hydrogen) atoms. The Kier molecular flexibility index (Phi) is 7.48. The van der Waals surface area contributed by atoms with Gasteiger partial charge in [-0.3, -0.25) is 14.9 Å². The van der Waals surface area contributed by atoms with Gasteiger partial charge >= 0.3 is 5.97 Å². The molecule has 0 radical (unpaired) electrons. The fourth-order valence-electron chi connectivity index (χ4n) is 1.86. The molecule has 0 atom stereocenters. The van der Waals surface area contributed by atoms with Gasteiger partial charge in [-0.25, -0.2) is 0 Å². The number of non-ortho nitro benzene ring substituents is 1. The molecule has 0 aromatic heterocycles. The molecule has 0 spiro atoms.